The van der Waals surface area contributed by atoms with Gasteiger partial charge in [0, 0.05) is 25.3 Å². The molecule has 0 aromatic carbocycles. The van der Waals surface area contributed by atoms with Crippen LogP contribution in [0.3, 0.4) is 0 Å². The number of nitrogens with zero attached hydrogens (tertiary/aromatic N) is 1. The highest BCUT2D eigenvalue weighted by atomic mass is 16.5. The number of aliphatic hydroxyl groups excluding tert-OH is 1. The first-order valence-electron chi connectivity index (χ1n) is 7.22. The fourth-order valence-electron chi connectivity index (χ4n) is 2.55. The Kier molecular flexibility index (Phi) is 7.15. The molecule has 4 nitrogen and oxygen atoms in total. The molecule has 0 saturated carbocycles. The van der Waals surface area contributed by atoms with Crippen LogP contribution >= 0.6 is 0 Å². The summed E-state index contributed by atoms with van der Waals surface area (Å²) < 4.78 is 5.38. The molecule has 18 heavy (non-hydrogen) atoms. The molecular weight excluding hydrogens is 228 g/mol. The summed E-state index contributed by atoms with van der Waals surface area (Å²) in [6.45, 7) is 9.30. The maximum atomic E-state index is 9.45. The van der Waals surface area contributed by atoms with Gasteiger partial charge in [-0.25, -0.2) is 0 Å². The fraction of sp³-hybridized carbons (Fsp3) is 1.00. The van der Waals surface area contributed by atoms with Gasteiger partial charge < -0.3 is 20.1 Å². The zero-order valence-electron chi connectivity index (χ0n) is 12.2. The number of aliphatic hydroxyl groups is 1. The highest BCUT2D eigenvalue weighted by molar-refractivity contribution is 4.83. The molecule has 1 rings (SSSR count). The first-order valence-corrected chi connectivity index (χ1v) is 7.22. The molecule has 0 aromatic rings. The van der Waals surface area contributed by atoms with Crippen molar-refractivity contribution in [2.45, 2.75) is 38.6 Å². The third-order valence-corrected chi connectivity index (χ3v) is 3.91. The van der Waals surface area contributed by atoms with Crippen molar-refractivity contribution in [1.29, 1.82) is 0 Å². The summed E-state index contributed by atoms with van der Waals surface area (Å²) in [5.41, 5.74) is -0.140. The van der Waals surface area contributed by atoms with Gasteiger partial charge in [-0.3, -0.25) is 0 Å². The van der Waals surface area contributed by atoms with Crippen molar-refractivity contribution < 1.29 is 9.84 Å². The van der Waals surface area contributed by atoms with E-state index in [1.54, 1.807) is 0 Å². The third-order valence-electron chi connectivity index (χ3n) is 3.91. The summed E-state index contributed by atoms with van der Waals surface area (Å²) in [5, 5.41) is 12.8. The van der Waals surface area contributed by atoms with Crippen molar-refractivity contribution in [3.05, 3.63) is 0 Å². The van der Waals surface area contributed by atoms with Crippen molar-refractivity contribution in [2.24, 2.45) is 5.92 Å². The first kappa shape index (κ1) is 15.9. The van der Waals surface area contributed by atoms with E-state index in [-0.39, 0.29) is 12.1 Å². The van der Waals surface area contributed by atoms with Gasteiger partial charge in [0.15, 0.2) is 0 Å². The number of likely N-dealkylation sites (N-methyl/N-ethyl adjacent to an activating group) is 1. The number of nitrogens with one attached hydrogen (secondary N) is 1. The molecule has 0 spiro atoms. The zero-order valence-corrected chi connectivity index (χ0v) is 12.2. The summed E-state index contributed by atoms with van der Waals surface area (Å²) in [7, 11) is 2.18. The summed E-state index contributed by atoms with van der Waals surface area (Å²) in [4.78, 5) is 2.39. The smallest absolute Gasteiger partial charge is 0.0611 e. The highest BCUT2D eigenvalue weighted by Gasteiger charge is 2.23. The molecule has 1 aliphatic rings. The monoisotopic (exact) mass is 258 g/mol. The van der Waals surface area contributed by atoms with Crippen LogP contribution in [0.1, 0.15) is 33.1 Å². The largest absolute Gasteiger partial charge is 0.394 e. The second-order valence-corrected chi connectivity index (χ2v) is 5.82. The van der Waals surface area contributed by atoms with Gasteiger partial charge in [-0.05, 0) is 52.2 Å². The van der Waals surface area contributed by atoms with E-state index in [0.29, 0.717) is 0 Å². The van der Waals surface area contributed by atoms with Gasteiger partial charge in [-0.1, -0.05) is 6.92 Å². The Hall–Kier alpha value is -0.160. The topological polar surface area (TPSA) is 44.7 Å². The second kappa shape index (κ2) is 8.10. The molecule has 1 fully saturated rings. The lowest BCUT2D eigenvalue weighted by molar-refractivity contribution is 0.0539. The summed E-state index contributed by atoms with van der Waals surface area (Å²) >= 11 is 0. The van der Waals surface area contributed by atoms with E-state index >= 15 is 0 Å². The van der Waals surface area contributed by atoms with E-state index in [4.69, 9.17) is 4.74 Å². The Morgan fingerprint density at radius 2 is 2.06 bits per heavy atom. The average Bonchev–Trinajstić information content (AvgIpc) is 2.38. The van der Waals surface area contributed by atoms with Gasteiger partial charge in [0.1, 0.15) is 0 Å². The van der Waals surface area contributed by atoms with Crippen molar-refractivity contribution in [3.63, 3.8) is 0 Å². The zero-order chi connectivity index (χ0) is 13.4. The molecule has 0 radical (unpaired) electrons. The molecule has 2 N–H and O–H groups in total. The maximum absolute atomic E-state index is 9.45. The standard InChI is InChI=1S/C14H30N2O2/c1-4-15-14(2,12-17)7-8-16(3)11-13-5-9-18-10-6-13/h13,15,17H,4-12H2,1-3H3. The van der Waals surface area contributed by atoms with E-state index in [2.05, 4.69) is 31.1 Å². The predicted molar refractivity (Wildman–Crippen MR) is 74.8 cm³/mol. The minimum atomic E-state index is -0.140. The molecule has 1 unspecified atom stereocenters. The van der Waals surface area contributed by atoms with Gasteiger partial charge in [0.05, 0.1) is 6.61 Å². The molecule has 0 aliphatic carbocycles. The van der Waals surface area contributed by atoms with Gasteiger partial charge in [-0.15, -0.1) is 0 Å². The van der Waals surface area contributed by atoms with Crippen molar-refractivity contribution in [1.82, 2.24) is 10.2 Å². The van der Waals surface area contributed by atoms with Crippen LogP contribution < -0.4 is 5.32 Å². The maximum Gasteiger partial charge on any atom is 0.0611 e. The molecule has 1 saturated heterocycles. The van der Waals surface area contributed by atoms with Crippen LogP contribution in [0.4, 0.5) is 0 Å². The quantitative estimate of drug-likeness (QED) is 0.684. The molecular formula is C14H30N2O2. The third kappa shape index (κ3) is 5.65. The summed E-state index contributed by atoms with van der Waals surface area (Å²) in [6.07, 6.45) is 3.36. The molecule has 0 amide bonds. The van der Waals surface area contributed by atoms with E-state index in [1.807, 2.05) is 0 Å². The Morgan fingerprint density at radius 1 is 1.39 bits per heavy atom. The lowest BCUT2D eigenvalue weighted by Crippen LogP contribution is -2.48. The van der Waals surface area contributed by atoms with E-state index < -0.39 is 0 Å². The van der Waals surface area contributed by atoms with Gasteiger partial charge >= 0.3 is 0 Å². The average molecular weight is 258 g/mol. The number of hydrogen-bond donors (Lipinski definition) is 2. The molecule has 1 heterocycles. The lowest BCUT2D eigenvalue weighted by Gasteiger charge is -2.32. The molecule has 0 bridgehead atoms. The molecule has 1 aliphatic heterocycles. The van der Waals surface area contributed by atoms with Crippen LogP contribution in [0.15, 0.2) is 0 Å². The Balaban J connectivity index is 2.24. The van der Waals surface area contributed by atoms with Crippen LogP contribution in [0, 0.1) is 5.92 Å². The van der Waals surface area contributed by atoms with Crippen molar-refractivity contribution in [3.8, 4) is 0 Å². The van der Waals surface area contributed by atoms with Crippen molar-refractivity contribution in [2.75, 3.05) is 46.5 Å². The van der Waals surface area contributed by atoms with E-state index in [1.165, 1.54) is 12.8 Å². The first-order chi connectivity index (χ1) is 8.59. The van der Waals surface area contributed by atoms with Crippen LogP contribution in [-0.2, 0) is 4.74 Å². The Labute approximate surface area is 112 Å². The highest BCUT2D eigenvalue weighted by Crippen LogP contribution is 2.16. The Bertz CT molecular complexity index is 220. The fourth-order valence-corrected chi connectivity index (χ4v) is 2.55. The van der Waals surface area contributed by atoms with Crippen LogP contribution in [0.25, 0.3) is 0 Å². The molecule has 1 atom stereocenters. The minimum absolute atomic E-state index is 0.140. The van der Waals surface area contributed by atoms with E-state index in [9.17, 15) is 5.11 Å². The lowest BCUT2D eigenvalue weighted by atomic mass is 9.97. The molecule has 0 aromatic heterocycles. The van der Waals surface area contributed by atoms with Gasteiger partial charge in [-0.2, -0.15) is 0 Å². The van der Waals surface area contributed by atoms with Gasteiger partial charge in [0.2, 0.25) is 0 Å². The second-order valence-electron chi connectivity index (χ2n) is 5.82. The van der Waals surface area contributed by atoms with Crippen molar-refractivity contribution >= 4 is 0 Å². The Morgan fingerprint density at radius 3 is 2.61 bits per heavy atom. The minimum Gasteiger partial charge on any atom is -0.394 e. The number of ether oxygens (including phenoxy) is 1. The summed E-state index contributed by atoms with van der Waals surface area (Å²) in [5.74, 6) is 0.781. The van der Waals surface area contributed by atoms with Crippen LogP contribution in [0.5, 0.6) is 0 Å². The predicted octanol–water partition coefficient (Wildman–Crippen LogP) is 1.10. The number of hydrogen-bond acceptors (Lipinski definition) is 4. The van der Waals surface area contributed by atoms with Crippen LogP contribution in [0.2, 0.25) is 0 Å². The van der Waals surface area contributed by atoms with E-state index in [0.717, 1.165) is 45.2 Å². The molecule has 4 heteroatoms. The number of rotatable bonds is 8. The summed E-state index contributed by atoms with van der Waals surface area (Å²) in [6, 6.07) is 0. The normalized spacial score (nSPS) is 21.2. The SMILES string of the molecule is CCNC(C)(CO)CCN(C)CC1CCOCC1. The van der Waals surface area contributed by atoms with Crippen LogP contribution in [-0.4, -0.2) is 62.0 Å². The molecule has 108 valence electrons. The van der Waals surface area contributed by atoms with Gasteiger partial charge in [0.25, 0.3) is 0 Å².